The molecule has 0 aromatic heterocycles. The van der Waals surface area contributed by atoms with Crippen LogP contribution in [-0.2, 0) is 27.1 Å². The van der Waals surface area contributed by atoms with Crippen molar-refractivity contribution in [3.63, 3.8) is 0 Å². The highest BCUT2D eigenvalue weighted by atomic mass is 19.4. The summed E-state index contributed by atoms with van der Waals surface area (Å²) in [6, 6.07) is 11.5. The second kappa shape index (κ2) is 9.42. The zero-order valence-corrected chi connectivity index (χ0v) is 17.7. The van der Waals surface area contributed by atoms with E-state index >= 15 is 0 Å². The first kappa shape index (κ1) is 23.3. The quantitative estimate of drug-likeness (QED) is 0.704. The molecule has 170 valence electrons. The van der Waals surface area contributed by atoms with Gasteiger partial charge in [-0.3, -0.25) is 14.4 Å². The van der Waals surface area contributed by atoms with Gasteiger partial charge in [0.1, 0.15) is 0 Å². The highest BCUT2D eigenvalue weighted by molar-refractivity contribution is 6.00. The first-order chi connectivity index (χ1) is 15.0. The topological polar surface area (TPSA) is 78.5 Å². The second-order valence-electron chi connectivity index (χ2n) is 8.02. The minimum atomic E-state index is -4.52. The molecule has 1 fully saturated rings. The van der Waals surface area contributed by atoms with Crippen molar-refractivity contribution in [2.75, 3.05) is 16.8 Å². The number of carbonyl (C=O) groups excluding carboxylic acids is 3. The number of alkyl halides is 3. The van der Waals surface area contributed by atoms with Crippen LogP contribution in [0.1, 0.15) is 31.4 Å². The van der Waals surface area contributed by atoms with Crippen molar-refractivity contribution in [1.29, 1.82) is 0 Å². The maximum absolute atomic E-state index is 13.0. The zero-order valence-electron chi connectivity index (χ0n) is 17.7. The Morgan fingerprint density at radius 1 is 1.12 bits per heavy atom. The SMILES string of the molecule is CC(C)C(=O)Nc1cccc(CNC(=O)C2CC(=O)N(c3cccc(C(F)(F)F)c3)C2)c1. The van der Waals surface area contributed by atoms with Gasteiger partial charge in [-0.2, -0.15) is 13.2 Å². The van der Waals surface area contributed by atoms with Crippen molar-refractivity contribution in [3.05, 3.63) is 59.7 Å². The minimum absolute atomic E-state index is 0.0104. The Labute approximate surface area is 183 Å². The standard InChI is InChI=1S/C23H24F3N3O3/c1-14(2)21(31)28-18-7-3-5-15(9-18)12-27-22(32)16-10-20(30)29(13-16)19-8-4-6-17(11-19)23(24,25)26/h3-9,11,14,16H,10,12-13H2,1-2H3,(H,27,32)(H,28,31). The summed E-state index contributed by atoms with van der Waals surface area (Å²) in [6.45, 7) is 3.77. The van der Waals surface area contributed by atoms with Crippen LogP contribution in [0.15, 0.2) is 48.5 Å². The van der Waals surface area contributed by atoms with E-state index in [0.29, 0.717) is 5.69 Å². The van der Waals surface area contributed by atoms with E-state index in [1.165, 1.54) is 17.0 Å². The molecule has 0 aliphatic carbocycles. The number of halogens is 3. The monoisotopic (exact) mass is 447 g/mol. The van der Waals surface area contributed by atoms with E-state index in [0.717, 1.165) is 17.7 Å². The van der Waals surface area contributed by atoms with Crippen LogP contribution in [0.2, 0.25) is 0 Å². The Bertz CT molecular complexity index is 1020. The Balaban J connectivity index is 1.61. The smallest absolute Gasteiger partial charge is 0.352 e. The lowest BCUT2D eigenvalue weighted by Crippen LogP contribution is -2.32. The average Bonchev–Trinajstić information content (AvgIpc) is 3.13. The molecule has 3 amide bonds. The average molecular weight is 447 g/mol. The fourth-order valence-corrected chi connectivity index (χ4v) is 3.36. The summed E-state index contributed by atoms with van der Waals surface area (Å²) >= 11 is 0. The first-order valence-electron chi connectivity index (χ1n) is 10.2. The third kappa shape index (κ3) is 5.66. The molecule has 32 heavy (non-hydrogen) atoms. The van der Waals surface area contributed by atoms with Gasteiger partial charge in [-0.25, -0.2) is 0 Å². The van der Waals surface area contributed by atoms with E-state index < -0.39 is 23.6 Å². The fourth-order valence-electron chi connectivity index (χ4n) is 3.36. The molecule has 1 atom stereocenters. The molecular formula is C23H24F3N3O3. The molecule has 0 bridgehead atoms. The molecule has 1 unspecified atom stereocenters. The van der Waals surface area contributed by atoms with Crippen molar-refractivity contribution in [2.24, 2.45) is 11.8 Å². The highest BCUT2D eigenvalue weighted by Crippen LogP contribution is 2.33. The molecule has 0 spiro atoms. The third-order valence-electron chi connectivity index (χ3n) is 5.17. The predicted octanol–water partition coefficient (Wildman–Crippen LogP) is 3.97. The molecule has 3 rings (SSSR count). The molecule has 1 aliphatic rings. The zero-order chi connectivity index (χ0) is 23.5. The summed E-state index contributed by atoms with van der Waals surface area (Å²) < 4.78 is 38.9. The molecule has 1 aliphatic heterocycles. The van der Waals surface area contributed by atoms with Gasteiger partial charge in [0.25, 0.3) is 0 Å². The van der Waals surface area contributed by atoms with Crippen LogP contribution in [0.4, 0.5) is 24.5 Å². The van der Waals surface area contributed by atoms with Gasteiger partial charge in [0.15, 0.2) is 0 Å². The number of rotatable bonds is 6. The van der Waals surface area contributed by atoms with Crippen molar-refractivity contribution in [1.82, 2.24) is 5.32 Å². The van der Waals surface area contributed by atoms with Crippen molar-refractivity contribution in [2.45, 2.75) is 33.0 Å². The van der Waals surface area contributed by atoms with Gasteiger partial charge in [0.2, 0.25) is 17.7 Å². The van der Waals surface area contributed by atoms with Crippen molar-refractivity contribution >= 4 is 29.1 Å². The number of hydrogen-bond acceptors (Lipinski definition) is 3. The van der Waals surface area contributed by atoms with Crippen molar-refractivity contribution < 1.29 is 27.6 Å². The van der Waals surface area contributed by atoms with Crippen LogP contribution >= 0.6 is 0 Å². The lowest BCUT2D eigenvalue weighted by Gasteiger charge is -2.18. The first-order valence-corrected chi connectivity index (χ1v) is 10.2. The fraction of sp³-hybridized carbons (Fsp3) is 0.348. The summed E-state index contributed by atoms with van der Waals surface area (Å²) in [5.41, 5.74) is 0.648. The van der Waals surface area contributed by atoms with Gasteiger partial charge in [0.05, 0.1) is 11.5 Å². The Hall–Kier alpha value is -3.36. The van der Waals surface area contributed by atoms with Crippen LogP contribution in [0, 0.1) is 11.8 Å². The molecule has 0 saturated carbocycles. The van der Waals surface area contributed by atoms with Crippen LogP contribution in [0.25, 0.3) is 0 Å². The number of amides is 3. The molecule has 9 heteroatoms. The molecule has 2 aromatic rings. The van der Waals surface area contributed by atoms with E-state index in [1.54, 1.807) is 38.1 Å². The maximum Gasteiger partial charge on any atom is 0.416 e. The van der Waals surface area contributed by atoms with Gasteiger partial charge in [-0.1, -0.05) is 32.0 Å². The molecular weight excluding hydrogens is 423 g/mol. The summed E-state index contributed by atoms with van der Waals surface area (Å²) in [5.74, 6) is -1.71. The van der Waals surface area contributed by atoms with Gasteiger partial charge in [-0.05, 0) is 35.9 Å². The Kier molecular flexibility index (Phi) is 6.86. The lowest BCUT2D eigenvalue weighted by atomic mass is 10.1. The number of anilines is 2. The number of hydrogen-bond donors (Lipinski definition) is 2. The lowest BCUT2D eigenvalue weighted by molar-refractivity contribution is -0.137. The van der Waals surface area contributed by atoms with E-state index in [-0.39, 0.29) is 42.9 Å². The molecule has 1 saturated heterocycles. The van der Waals surface area contributed by atoms with Crippen LogP contribution in [-0.4, -0.2) is 24.3 Å². The molecule has 1 heterocycles. The molecule has 6 nitrogen and oxygen atoms in total. The van der Waals surface area contributed by atoms with Gasteiger partial charge < -0.3 is 15.5 Å². The predicted molar refractivity (Wildman–Crippen MR) is 114 cm³/mol. The van der Waals surface area contributed by atoms with Gasteiger partial charge >= 0.3 is 6.18 Å². The number of nitrogens with one attached hydrogen (secondary N) is 2. The summed E-state index contributed by atoms with van der Waals surface area (Å²) in [4.78, 5) is 38.0. The summed E-state index contributed by atoms with van der Waals surface area (Å²) in [7, 11) is 0. The van der Waals surface area contributed by atoms with E-state index in [9.17, 15) is 27.6 Å². The molecule has 2 aromatic carbocycles. The third-order valence-corrected chi connectivity index (χ3v) is 5.17. The summed E-state index contributed by atoms with van der Waals surface area (Å²) in [6.07, 6.45) is -4.59. The van der Waals surface area contributed by atoms with E-state index in [1.807, 2.05) is 0 Å². The van der Waals surface area contributed by atoms with E-state index in [4.69, 9.17) is 0 Å². The second-order valence-corrected chi connectivity index (χ2v) is 8.02. The minimum Gasteiger partial charge on any atom is -0.352 e. The highest BCUT2D eigenvalue weighted by Gasteiger charge is 2.36. The summed E-state index contributed by atoms with van der Waals surface area (Å²) in [5, 5.41) is 5.55. The molecule has 2 N–H and O–H groups in total. The largest absolute Gasteiger partial charge is 0.416 e. The Morgan fingerprint density at radius 2 is 1.84 bits per heavy atom. The number of carbonyl (C=O) groups is 3. The Morgan fingerprint density at radius 3 is 2.53 bits per heavy atom. The van der Waals surface area contributed by atoms with Crippen molar-refractivity contribution in [3.8, 4) is 0 Å². The van der Waals surface area contributed by atoms with Crippen LogP contribution < -0.4 is 15.5 Å². The number of benzene rings is 2. The number of nitrogens with zero attached hydrogens (tertiary/aromatic N) is 1. The van der Waals surface area contributed by atoms with Gasteiger partial charge in [0, 0.05) is 36.8 Å². The van der Waals surface area contributed by atoms with Crippen LogP contribution in [0.3, 0.4) is 0 Å². The molecule has 0 radical (unpaired) electrons. The maximum atomic E-state index is 13.0. The van der Waals surface area contributed by atoms with Crippen LogP contribution in [0.5, 0.6) is 0 Å². The van der Waals surface area contributed by atoms with E-state index in [2.05, 4.69) is 10.6 Å². The normalized spacial score (nSPS) is 16.4. The van der Waals surface area contributed by atoms with Gasteiger partial charge in [-0.15, -0.1) is 0 Å².